The van der Waals surface area contributed by atoms with Gasteiger partial charge in [-0.05, 0) is 102 Å². The topological polar surface area (TPSA) is 41.9 Å². The van der Waals surface area contributed by atoms with E-state index in [9.17, 15) is 4.79 Å². The number of fused-ring (bicyclic) bond motifs is 1. The van der Waals surface area contributed by atoms with Gasteiger partial charge < -0.3 is 4.74 Å². The summed E-state index contributed by atoms with van der Waals surface area (Å²) in [5.74, 6) is 0.458. The first kappa shape index (κ1) is 29.5. The molecule has 0 bridgehead atoms. The van der Waals surface area contributed by atoms with Gasteiger partial charge in [-0.2, -0.15) is 0 Å². The molecule has 0 radical (unpaired) electrons. The molecule has 1 aliphatic rings. The lowest BCUT2D eigenvalue weighted by Crippen LogP contribution is -2.28. The molecular formula is C35H25BrCl2N2O2S. The van der Waals surface area contributed by atoms with Crippen molar-refractivity contribution in [1.82, 2.24) is 0 Å². The molecule has 1 heterocycles. The van der Waals surface area contributed by atoms with E-state index >= 15 is 0 Å². The first-order chi connectivity index (χ1) is 20.8. The number of carbonyl (C=O) groups excluding carboxylic acids is 1. The van der Waals surface area contributed by atoms with Crippen LogP contribution in [0.2, 0.25) is 10.0 Å². The van der Waals surface area contributed by atoms with Crippen molar-refractivity contribution in [2.24, 2.45) is 4.99 Å². The molecule has 6 rings (SSSR count). The highest BCUT2D eigenvalue weighted by Gasteiger charge is 2.35. The van der Waals surface area contributed by atoms with Crippen LogP contribution < -0.4 is 9.64 Å². The maximum Gasteiger partial charge on any atom is 0.271 e. The molecule has 1 fully saturated rings. The second-order valence-corrected chi connectivity index (χ2v) is 12.9. The molecule has 43 heavy (non-hydrogen) atoms. The lowest BCUT2D eigenvalue weighted by Gasteiger charge is -2.17. The summed E-state index contributed by atoms with van der Waals surface area (Å²) in [5.41, 5.74) is 5.01. The number of nitrogens with zero attached hydrogens (tertiary/aromatic N) is 2. The van der Waals surface area contributed by atoms with Gasteiger partial charge in [0, 0.05) is 20.1 Å². The Kier molecular flexibility index (Phi) is 8.64. The van der Waals surface area contributed by atoms with Crippen molar-refractivity contribution >= 4 is 90.2 Å². The van der Waals surface area contributed by atoms with Gasteiger partial charge in [0.15, 0.2) is 5.17 Å². The van der Waals surface area contributed by atoms with Crippen LogP contribution in [0.25, 0.3) is 16.8 Å². The summed E-state index contributed by atoms with van der Waals surface area (Å²) in [7, 11) is 0. The van der Waals surface area contributed by atoms with Crippen LogP contribution in [0.5, 0.6) is 5.75 Å². The number of amidine groups is 1. The molecule has 214 valence electrons. The highest BCUT2D eigenvalue weighted by atomic mass is 79.9. The van der Waals surface area contributed by atoms with Crippen LogP contribution in [-0.2, 0) is 11.4 Å². The zero-order valence-corrected chi connectivity index (χ0v) is 27.2. The van der Waals surface area contributed by atoms with E-state index < -0.39 is 0 Å². The number of hydrogen-bond donors (Lipinski definition) is 0. The van der Waals surface area contributed by atoms with Gasteiger partial charge in [0.2, 0.25) is 0 Å². The molecule has 1 saturated heterocycles. The van der Waals surface area contributed by atoms with Crippen molar-refractivity contribution in [2.75, 3.05) is 4.90 Å². The number of ether oxygens (including phenoxy) is 1. The number of aliphatic imine (C=N–C) groups is 1. The van der Waals surface area contributed by atoms with Crippen molar-refractivity contribution in [1.29, 1.82) is 0 Å². The number of carbonyl (C=O) groups is 1. The van der Waals surface area contributed by atoms with Crippen molar-refractivity contribution in [3.8, 4) is 5.75 Å². The molecule has 0 unspecified atom stereocenters. The van der Waals surface area contributed by atoms with Gasteiger partial charge in [-0.3, -0.25) is 9.69 Å². The van der Waals surface area contributed by atoms with E-state index in [1.54, 1.807) is 17.0 Å². The average molecular weight is 688 g/mol. The molecule has 0 saturated carbocycles. The summed E-state index contributed by atoms with van der Waals surface area (Å²) >= 11 is 17.7. The minimum absolute atomic E-state index is 0.207. The molecule has 0 spiro atoms. The monoisotopic (exact) mass is 686 g/mol. The van der Waals surface area contributed by atoms with Crippen molar-refractivity contribution in [3.05, 3.63) is 139 Å². The normalized spacial score (nSPS) is 15.2. The smallest absolute Gasteiger partial charge is 0.271 e. The zero-order valence-electron chi connectivity index (χ0n) is 23.3. The lowest BCUT2D eigenvalue weighted by molar-refractivity contribution is -0.113. The number of aryl methyl sites for hydroxylation is 2. The van der Waals surface area contributed by atoms with Crippen LogP contribution in [0.1, 0.15) is 22.3 Å². The Morgan fingerprint density at radius 3 is 2.42 bits per heavy atom. The molecule has 1 amide bonds. The first-order valence-electron chi connectivity index (χ1n) is 13.5. The summed E-state index contributed by atoms with van der Waals surface area (Å²) in [6.45, 7) is 4.25. The summed E-state index contributed by atoms with van der Waals surface area (Å²) in [4.78, 5) is 20.9. The van der Waals surface area contributed by atoms with Gasteiger partial charge in [-0.15, -0.1) is 0 Å². The predicted octanol–water partition coefficient (Wildman–Crippen LogP) is 10.9. The highest BCUT2D eigenvalue weighted by molar-refractivity contribution is 9.10. The van der Waals surface area contributed by atoms with Crippen LogP contribution in [0.15, 0.2) is 111 Å². The fourth-order valence-electron chi connectivity index (χ4n) is 4.74. The van der Waals surface area contributed by atoms with E-state index in [4.69, 9.17) is 32.9 Å². The molecule has 0 aliphatic carbocycles. The highest BCUT2D eigenvalue weighted by Crippen LogP contribution is 2.40. The fourth-order valence-corrected chi connectivity index (χ4v) is 6.46. The fraction of sp³-hybridized carbons (Fsp3) is 0.0857. The SMILES string of the molecule is Cc1ccc(N=C2S/C(=C/c3cc(Br)ccc3OCc3cccc4ccccc34)C(=O)N2c2ccc(C)c(Cl)c2)cc1Cl. The molecule has 4 nitrogen and oxygen atoms in total. The molecule has 5 aromatic rings. The number of anilines is 1. The van der Waals surface area contributed by atoms with E-state index in [1.165, 1.54) is 11.8 Å². The summed E-state index contributed by atoms with van der Waals surface area (Å²) in [6.07, 6.45) is 1.85. The molecular weight excluding hydrogens is 663 g/mol. The Bertz CT molecular complexity index is 1950. The van der Waals surface area contributed by atoms with Crippen LogP contribution in [0.4, 0.5) is 11.4 Å². The molecule has 8 heteroatoms. The zero-order chi connectivity index (χ0) is 30.1. The third-order valence-electron chi connectivity index (χ3n) is 7.12. The number of thioether (sulfide) groups is 1. The minimum Gasteiger partial charge on any atom is -0.488 e. The Morgan fingerprint density at radius 2 is 1.63 bits per heavy atom. The van der Waals surface area contributed by atoms with Crippen molar-refractivity contribution < 1.29 is 9.53 Å². The Balaban J connectivity index is 1.37. The van der Waals surface area contributed by atoms with Crippen LogP contribution in [-0.4, -0.2) is 11.1 Å². The summed E-state index contributed by atoms with van der Waals surface area (Å²) in [6, 6.07) is 31.4. The largest absolute Gasteiger partial charge is 0.488 e. The Morgan fingerprint density at radius 1 is 0.884 bits per heavy atom. The second kappa shape index (κ2) is 12.6. The van der Waals surface area contributed by atoms with Gasteiger partial charge in [0.1, 0.15) is 12.4 Å². The second-order valence-electron chi connectivity index (χ2n) is 10.1. The van der Waals surface area contributed by atoms with Crippen LogP contribution in [0.3, 0.4) is 0 Å². The molecule has 0 atom stereocenters. The number of benzene rings is 5. The molecule has 5 aromatic carbocycles. The van der Waals surface area contributed by atoms with E-state index in [2.05, 4.69) is 40.2 Å². The standard InChI is InChI=1S/C35H25BrCl2N2O2S/c1-21-10-13-27(18-30(21)37)39-35-40(28-14-11-22(2)31(38)19-28)34(41)33(43-35)17-25-16-26(36)12-15-32(25)42-20-24-8-5-7-23-6-3-4-9-29(23)24/h3-19H,20H2,1-2H3/b33-17+,39-35?. The maximum absolute atomic E-state index is 14.0. The Hall–Kier alpha value is -3.55. The van der Waals surface area contributed by atoms with Crippen molar-refractivity contribution in [2.45, 2.75) is 20.5 Å². The van der Waals surface area contributed by atoms with Crippen LogP contribution in [0, 0.1) is 13.8 Å². The van der Waals surface area contributed by atoms with Crippen molar-refractivity contribution in [3.63, 3.8) is 0 Å². The van der Waals surface area contributed by atoms with Gasteiger partial charge in [0.05, 0.1) is 16.3 Å². The number of hydrogen-bond acceptors (Lipinski definition) is 4. The summed E-state index contributed by atoms with van der Waals surface area (Å²) < 4.78 is 7.23. The van der Waals surface area contributed by atoms with E-state index in [0.29, 0.717) is 43.8 Å². The van der Waals surface area contributed by atoms with E-state index in [0.717, 1.165) is 37.5 Å². The molecule has 0 N–H and O–H groups in total. The van der Waals surface area contributed by atoms with Gasteiger partial charge in [0.25, 0.3) is 5.91 Å². The van der Waals surface area contributed by atoms with Gasteiger partial charge in [-0.25, -0.2) is 4.99 Å². The number of amides is 1. The first-order valence-corrected chi connectivity index (χ1v) is 15.9. The lowest BCUT2D eigenvalue weighted by atomic mass is 10.1. The number of halogens is 3. The quantitative estimate of drug-likeness (QED) is 0.167. The van der Waals surface area contributed by atoms with Gasteiger partial charge in [-0.1, -0.05) is 93.7 Å². The third kappa shape index (κ3) is 6.38. The van der Waals surface area contributed by atoms with Crippen LogP contribution >= 0.6 is 50.9 Å². The number of rotatable bonds is 6. The maximum atomic E-state index is 14.0. The third-order valence-corrected chi connectivity index (χ3v) is 9.40. The Labute approximate surface area is 273 Å². The predicted molar refractivity (Wildman–Crippen MR) is 185 cm³/mol. The molecule has 0 aromatic heterocycles. The van der Waals surface area contributed by atoms with E-state index in [-0.39, 0.29) is 5.91 Å². The average Bonchev–Trinajstić information content (AvgIpc) is 3.29. The molecule has 1 aliphatic heterocycles. The minimum atomic E-state index is -0.207. The summed E-state index contributed by atoms with van der Waals surface area (Å²) in [5, 5.41) is 3.99. The van der Waals surface area contributed by atoms with E-state index in [1.807, 2.05) is 80.6 Å². The van der Waals surface area contributed by atoms with Gasteiger partial charge >= 0.3 is 0 Å².